The Hall–Kier alpha value is -2.12. The summed E-state index contributed by atoms with van der Waals surface area (Å²) in [4.78, 5) is 26.8. The lowest BCUT2D eigenvalue weighted by atomic mass is 9.74. The van der Waals surface area contributed by atoms with Gasteiger partial charge >= 0.3 is 5.97 Å². The standard InChI is InChI=1S/C30H36F2NO3.BrH/c31-26-12-8-9-23(28(26)32)19-25(34)20-33-17-13-22(14-18-33)27(21-33)36-29(35)30(15-6-1-2-7-16-30)24-10-4-3-5-11-24;/h3-5,8-12,22,27H,1-2,6-7,13-21H2;1H/q+1;/p-1/t22?,27-,33?;/m0./s1. The number of ketones is 1. The van der Waals surface area contributed by atoms with Gasteiger partial charge in [-0.25, -0.2) is 8.78 Å². The maximum atomic E-state index is 14.1. The number of quaternary nitrogens is 1. The van der Waals surface area contributed by atoms with Gasteiger partial charge < -0.3 is 26.2 Å². The highest BCUT2D eigenvalue weighted by Crippen LogP contribution is 2.42. The van der Waals surface area contributed by atoms with E-state index in [1.807, 2.05) is 18.2 Å². The van der Waals surface area contributed by atoms with Crippen molar-refractivity contribution < 1.29 is 44.6 Å². The van der Waals surface area contributed by atoms with Crippen molar-refractivity contribution >= 4 is 11.8 Å². The van der Waals surface area contributed by atoms with Gasteiger partial charge in [0.15, 0.2) is 23.5 Å². The van der Waals surface area contributed by atoms with E-state index in [0.717, 1.165) is 76.1 Å². The van der Waals surface area contributed by atoms with Crippen LogP contribution >= 0.6 is 0 Å². The lowest BCUT2D eigenvalue weighted by Crippen LogP contribution is -3.00. The Bertz CT molecular complexity index is 1090. The fraction of sp³-hybridized carbons (Fsp3) is 0.533. The minimum absolute atomic E-state index is 0. The third-order valence-electron chi connectivity index (χ3n) is 8.91. The van der Waals surface area contributed by atoms with Gasteiger partial charge in [0.05, 0.1) is 18.5 Å². The zero-order valence-electron chi connectivity index (χ0n) is 21.3. The van der Waals surface area contributed by atoms with Gasteiger partial charge in [-0.05, 0) is 30.0 Å². The molecule has 4 aliphatic rings. The van der Waals surface area contributed by atoms with Gasteiger partial charge in [-0.1, -0.05) is 68.1 Å². The number of nitrogens with zero attached hydrogens (tertiary/aromatic N) is 1. The van der Waals surface area contributed by atoms with Crippen molar-refractivity contribution in [3.8, 4) is 0 Å². The van der Waals surface area contributed by atoms with Gasteiger partial charge in [-0.15, -0.1) is 0 Å². The van der Waals surface area contributed by atoms with Gasteiger partial charge in [0, 0.05) is 25.2 Å². The molecule has 0 aromatic heterocycles. The summed E-state index contributed by atoms with van der Waals surface area (Å²) in [5.74, 6) is -1.76. The Morgan fingerprint density at radius 2 is 1.59 bits per heavy atom. The van der Waals surface area contributed by atoms with Gasteiger partial charge in [0.2, 0.25) is 0 Å². The molecule has 1 saturated carbocycles. The van der Waals surface area contributed by atoms with E-state index in [1.54, 1.807) is 0 Å². The molecular weight excluding hydrogens is 540 g/mol. The molecule has 0 N–H and O–H groups in total. The smallest absolute Gasteiger partial charge is 0.317 e. The Labute approximate surface area is 228 Å². The second-order valence-corrected chi connectivity index (χ2v) is 11.2. The molecule has 2 aromatic carbocycles. The first-order valence-corrected chi connectivity index (χ1v) is 13.5. The number of carbonyl (C=O) groups is 2. The summed E-state index contributed by atoms with van der Waals surface area (Å²) < 4.78 is 34.7. The maximum Gasteiger partial charge on any atom is 0.317 e. The number of ether oxygens (including phenoxy) is 1. The van der Waals surface area contributed by atoms with Crippen molar-refractivity contribution in [2.75, 3.05) is 26.2 Å². The zero-order valence-corrected chi connectivity index (χ0v) is 22.9. The van der Waals surface area contributed by atoms with Gasteiger partial charge in [0.25, 0.3) is 0 Å². The van der Waals surface area contributed by atoms with Gasteiger partial charge in [0.1, 0.15) is 13.1 Å². The topological polar surface area (TPSA) is 43.4 Å². The summed E-state index contributed by atoms with van der Waals surface area (Å²) in [7, 11) is 0. The molecule has 3 heterocycles. The minimum atomic E-state index is -0.940. The van der Waals surface area contributed by atoms with Crippen LogP contribution in [0.25, 0.3) is 0 Å². The summed E-state index contributed by atoms with van der Waals surface area (Å²) in [5, 5.41) is 0. The molecule has 0 spiro atoms. The molecule has 37 heavy (non-hydrogen) atoms. The third-order valence-corrected chi connectivity index (χ3v) is 8.91. The predicted molar refractivity (Wildman–Crippen MR) is 133 cm³/mol. The van der Waals surface area contributed by atoms with Crippen LogP contribution in [0.1, 0.15) is 62.5 Å². The highest BCUT2D eigenvalue weighted by atomic mass is 79.9. The fourth-order valence-electron chi connectivity index (χ4n) is 6.85. The lowest BCUT2D eigenvalue weighted by molar-refractivity contribution is -0.939. The highest BCUT2D eigenvalue weighted by Gasteiger charge is 2.51. The highest BCUT2D eigenvalue weighted by molar-refractivity contribution is 5.83. The number of piperidine rings is 3. The number of esters is 1. The number of carbonyl (C=O) groups excluding carboxylic acids is 2. The summed E-state index contributed by atoms with van der Waals surface area (Å²) >= 11 is 0. The van der Waals surface area contributed by atoms with E-state index in [2.05, 4.69) is 12.1 Å². The number of benzene rings is 2. The molecule has 0 radical (unpaired) electrons. The number of hydrogen-bond donors (Lipinski definition) is 0. The van der Waals surface area contributed by atoms with Crippen molar-refractivity contribution in [3.63, 3.8) is 0 Å². The molecule has 2 aromatic rings. The van der Waals surface area contributed by atoms with E-state index in [4.69, 9.17) is 4.74 Å². The number of rotatable bonds is 7. The summed E-state index contributed by atoms with van der Waals surface area (Å²) in [6.07, 6.45) is 7.44. The molecular formula is C30H36BrF2NO3. The molecule has 0 amide bonds. The molecule has 2 bridgehead atoms. The van der Waals surface area contributed by atoms with E-state index < -0.39 is 17.0 Å². The Morgan fingerprint density at radius 1 is 0.919 bits per heavy atom. The van der Waals surface area contributed by atoms with Gasteiger partial charge in [-0.3, -0.25) is 9.59 Å². The van der Waals surface area contributed by atoms with Crippen LogP contribution < -0.4 is 17.0 Å². The Morgan fingerprint density at radius 3 is 2.27 bits per heavy atom. The van der Waals surface area contributed by atoms with Crippen LogP contribution in [0.4, 0.5) is 8.78 Å². The molecule has 200 valence electrons. The summed E-state index contributed by atoms with van der Waals surface area (Å²) in [6, 6.07) is 14.1. The molecule has 0 unspecified atom stereocenters. The minimum Gasteiger partial charge on any atom is -1.00 e. The normalized spacial score (nSPS) is 26.5. The van der Waals surface area contributed by atoms with Crippen molar-refractivity contribution in [3.05, 3.63) is 71.3 Å². The first kappa shape index (κ1) is 27.9. The summed E-state index contributed by atoms with van der Waals surface area (Å²) in [5.41, 5.74) is 0.555. The van der Waals surface area contributed by atoms with Crippen molar-refractivity contribution in [1.29, 1.82) is 0 Å². The van der Waals surface area contributed by atoms with Crippen molar-refractivity contribution in [2.45, 2.75) is 69.3 Å². The monoisotopic (exact) mass is 575 g/mol. The van der Waals surface area contributed by atoms with Crippen LogP contribution in [0.5, 0.6) is 0 Å². The van der Waals surface area contributed by atoms with Crippen molar-refractivity contribution in [1.82, 2.24) is 0 Å². The molecule has 3 aliphatic heterocycles. The fourth-order valence-corrected chi connectivity index (χ4v) is 6.85. The number of halogens is 3. The van der Waals surface area contributed by atoms with E-state index in [9.17, 15) is 18.4 Å². The lowest BCUT2D eigenvalue weighted by Gasteiger charge is -2.52. The molecule has 4 fully saturated rings. The Balaban J connectivity index is 0.00000320. The molecule has 7 heteroatoms. The van der Waals surface area contributed by atoms with E-state index >= 15 is 0 Å². The third kappa shape index (κ3) is 5.83. The molecule has 1 atom stereocenters. The van der Waals surface area contributed by atoms with Crippen LogP contribution in [0, 0.1) is 17.6 Å². The van der Waals surface area contributed by atoms with Gasteiger partial charge in [-0.2, -0.15) is 0 Å². The van der Waals surface area contributed by atoms with Crippen LogP contribution in [-0.2, 0) is 26.2 Å². The van der Waals surface area contributed by atoms with Crippen LogP contribution in [0.3, 0.4) is 0 Å². The first-order valence-electron chi connectivity index (χ1n) is 13.5. The largest absolute Gasteiger partial charge is 1.00 e. The van der Waals surface area contributed by atoms with Crippen LogP contribution in [0.2, 0.25) is 0 Å². The van der Waals surface area contributed by atoms with E-state index in [1.165, 1.54) is 12.1 Å². The van der Waals surface area contributed by atoms with Crippen molar-refractivity contribution in [2.24, 2.45) is 5.92 Å². The van der Waals surface area contributed by atoms with E-state index in [-0.39, 0.29) is 53.4 Å². The molecule has 6 rings (SSSR count). The SMILES string of the molecule is O=C(Cc1cccc(F)c1F)C[N+]12CCC(CC1)[C@@H](OC(=O)C1(c3ccccc3)CCCCCC1)C2.[Br-]. The zero-order chi connectivity index (χ0) is 25.2. The number of Topliss-reactive ketones (excluding diaryl/α,β-unsaturated/α-hetero) is 1. The average molecular weight is 577 g/mol. The average Bonchev–Trinajstić information content (AvgIpc) is 3.15. The predicted octanol–water partition coefficient (Wildman–Crippen LogP) is 2.52. The molecule has 4 nitrogen and oxygen atoms in total. The second-order valence-electron chi connectivity index (χ2n) is 11.2. The Kier molecular flexibility index (Phi) is 8.85. The molecule has 3 saturated heterocycles. The molecule has 1 aliphatic carbocycles. The second kappa shape index (κ2) is 11.7. The van der Waals surface area contributed by atoms with Crippen LogP contribution in [-0.4, -0.2) is 48.5 Å². The number of fused-ring (bicyclic) bond motifs is 3. The maximum absolute atomic E-state index is 14.1. The van der Waals surface area contributed by atoms with Crippen LogP contribution in [0.15, 0.2) is 48.5 Å². The summed E-state index contributed by atoms with van der Waals surface area (Å²) in [6.45, 7) is 2.61. The quantitative estimate of drug-likeness (QED) is 0.289. The number of hydrogen-bond acceptors (Lipinski definition) is 3. The first-order chi connectivity index (χ1) is 17.4. The van der Waals surface area contributed by atoms with E-state index in [0.29, 0.717) is 16.9 Å².